The number of anilines is 2. The average molecular weight is 341 g/mol. The summed E-state index contributed by atoms with van der Waals surface area (Å²) < 4.78 is 6.99. The van der Waals surface area contributed by atoms with Crippen LogP contribution in [0.5, 0.6) is 0 Å². The van der Waals surface area contributed by atoms with Crippen LogP contribution in [0.3, 0.4) is 0 Å². The second-order valence-electron chi connectivity index (χ2n) is 7.27. The summed E-state index contributed by atoms with van der Waals surface area (Å²) in [6, 6.07) is 7.92. The van der Waals surface area contributed by atoms with Crippen LogP contribution in [-0.4, -0.2) is 47.2 Å². The molecule has 2 aliphatic rings. The molecule has 0 saturated carbocycles. The molecular weight excluding hydrogens is 318 g/mol. The number of para-hydroxylation sites is 2. The lowest BCUT2D eigenvalue weighted by Gasteiger charge is -2.37. The normalized spacial score (nSPS) is 18.8. The summed E-state index contributed by atoms with van der Waals surface area (Å²) in [6.45, 7) is 6.35. The summed E-state index contributed by atoms with van der Waals surface area (Å²) in [5.74, 6) is -0.229. The predicted octanol–water partition coefficient (Wildman–Crippen LogP) is 2.17. The lowest BCUT2D eigenvalue weighted by molar-refractivity contribution is -0.111. The van der Waals surface area contributed by atoms with Crippen molar-refractivity contribution in [2.75, 3.05) is 36.5 Å². The fourth-order valence-corrected chi connectivity index (χ4v) is 3.41. The van der Waals surface area contributed by atoms with Gasteiger partial charge in [-0.15, -0.1) is 5.10 Å². The van der Waals surface area contributed by atoms with Crippen molar-refractivity contribution in [3.8, 4) is 0 Å². The highest BCUT2D eigenvalue weighted by Gasteiger charge is 2.34. The molecule has 0 spiro atoms. The molecule has 0 bridgehead atoms. The smallest absolute Gasteiger partial charge is 0.277 e. The van der Waals surface area contributed by atoms with Gasteiger partial charge >= 0.3 is 0 Å². The Hall–Kier alpha value is -2.41. The molecule has 1 aromatic carbocycles. The first kappa shape index (κ1) is 16.1. The zero-order valence-electron chi connectivity index (χ0n) is 14.4. The topological polar surface area (TPSA) is 72.3 Å². The van der Waals surface area contributed by atoms with Gasteiger partial charge in [-0.25, -0.2) is 0 Å². The molecule has 2 saturated heterocycles. The third-order valence-corrected chi connectivity index (χ3v) is 4.82. The van der Waals surface area contributed by atoms with Gasteiger partial charge < -0.3 is 15.0 Å². The van der Waals surface area contributed by atoms with E-state index >= 15 is 0 Å². The van der Waals surface area contributed by atoms with E-state index < -0.39 is 0 Å². The number of amides is 1. The quantitative estimate of drug-likeness (QED) is 0.902. The Morgan fingerprint density at radius 2 is 2.04 bits per heavy atom. The summed E-state index contributed by atoms with van der Waals surface area (Å²) in [5, 5.41) is 11.1. The maximum atomic E-state index is 12.6. The summed E-state index contributed by atoms with van der Waals surface area (Å²) >= 11 is 0. The van der Waals surface area contributed by atoms with Crippen molar-refractivity contribution in [1.29, 1.82) is 0 Å². The number of nitrogens with zero attached hydrogens (tertiary/aromatic N) is 4. The van der Waals surface area contributed by atoms with Gasteiger partial charge in [-0.3, -0.25) is 9.48 Å². The summed E-state index contributed by atoms with van der Waals surface area (Å²) in [4.78, 5) is 14.9. The number of carbonyl (C=O) groups excluding carboxylic acids is 1. The second-order valence-corrected chi connectivity index (χ2v) is 7.27. The monoisotopic (exact) mass is 341 g/mol. The number of hydrogen-bond donors (Lipinski definition) is 1. The maximum Gasteiger partial charge on any atom is 0.277 e. The SMILES string of the molecule is CC1(Cn2cc(C(=O)Nc3ccccc3N3CCCC3)nn2)COC1. The molecule has 0 atom stereocenters. The van der Waals surface area contributed by atoms with Crippen LogP contribution in [0.25, 0.3) is 0 Å². The van der Waals surface area contributed by atoms with Crippen LogP contribution in [0.15, 0.2) is 30.5 Å². The number of benzene rings is 1. The van der Waals surface area contributed by atoms with E-state index in [2.05, 4.69) is 33.5 Å². The van der Waals surface area contributed by atoms with Crippen molar-refractivity contribution in [3.63, 3.8) is 0 Å². The molecule has 2 fully saturated rings. The molecule has 3 heterocycles. The molecule has 4 rings (SSSR count). The van der Waals surface area contributed by atoms with Gasteiger partial charge in [0, 0.05) is 18.5 Å². The van der Waals surface area contributed by atoms with Crippen LogP contribution in [0.1, 0.15) is 30.3 Å². The van der Waals surface area contributed by atoms with Crippen molar-refractivity contribution in [2.24, 2.45) is 5.41 Å². The summed E-state index contributed by atoms with van der Waals surface area (Å²) in [6.07, 6.45) is 4.09. The molecule has 0 radical (unpaired) electrons. The fraction of sp³-hybridized carbons (Fsp3) is 0.500. The van der Waals surface area contributed by atoms with Crippen molar-refractivity contribution in [3.05, 3.63) is 36.2 Å². The molecule has 7 heteroatoms. The molecule has 7 nitrogen and oxygen atoms in total. The van der Waals surface area contributed by atoms with E-state index in [0.717, 1.165) is 37.7 Å². The largest absolute Gasteiger partial charge is 0.380 e. The van der Waals surface area contributed by atoms with Gasteiger partial charge in [-0.05, 0) is 25.0 Å². The zero-order chi connectivity index (χ0) is 17.3. The van der Waals surface area contributed by atoms with E-state index in [0.29, 0.717) is 12.2 Å². The molecule has 2 aliphatic heterocycles. The number of hydrogen-bond acceptors (Lipinski definition) is 5. The zero-order valence-corrected chi connectivity index (χ0v) is 14.4. The van der Waals surface area contributed by atoms with Crippen molar-refractivity contribution in [2.45, 2.75) is 26.3 Å². The third-order valence-electron chi connectivity index (χ3n) is 4.82. The van der Waals surface area contributed by atoms with Crippen molar-refractivity contribution < 1.29 is 9.53 Å². The highest BCUT2D eigenvalue weighted by Crippen LogP contribution is 2.29. The van der Waals surface area contributed by atoms with E-state index in [4.69, 9.17) is 4.74 Å². The minimum absolute atomic E-state index is 0.0871. The predicted molar refractivity (Wildman–Crippen MR) is 94.8 cm³/mol. The minimum Gasteiger partial charge on any atom is -0.380 e. The van der Waals surface area contributed by atoms with Gasteiger partial charge in [0.1, 0.15) is 0 Å². The van der Waals surface area contributed by atoms with E-state index in [-0.39, 0.29) is 11.3 Å². The standard InChI is InChI=1S/C18H23N5O2/c1-18(12-25-13-18)11-23-10-15(20-21-23)17(24)19-14-6-2-3-7-16(14)22-8-4-5-9-22/h2-3,6-7,10H,4-5,8-9,11-13H2,1H3,(H,19,24). The highest BCUT2D eigenvalue weighted by molar-refractivity contribution is 6.04. The Kier molecular flexibility index (Phi) is 4.17. The van der Waals surface area contributed by atoms with E-state index in [1.54, 1.807) is 10.9 Å². The van der Waals surface area contributed by atoms with E-state index in [1.165, 1.54) is 12.8 Å². The lowest BCUT2D eigenvalue weighted by atomic mass is 9.89. The second kappa shape index (κ2) is 6.48. The van der Waals surface area contributed by atoms with E-state index in [9.17, 15) is 4.79 Å². The highest BCUT2D eigenvalue weighted by atomic mass is 16.5. The van der Waals surface area contributed by atoms with E-state index in [1.807, 2.05) is 18.2 Å². The van der Waals surface area contributed by atoms with Crippen molar-refractivity contribution >= 4 is 17.3 Å². The molecule has 1 aromatic heterocycles. The number of carbonyl (C=O) groups is 1. The van der Waals surface area contributed by atoms with Crippen molar-refractivity contribution in [1.82, 2.24) is 15.0 Å². The molecule has 0 aliphatic carbocycles. The first-order chi connectivity index (χ1) is 12.1. The molecule has 1 amide bonds. The Bertz CT molecular complexity index is 762. The first-order valence-corrected chi connectivity index (χ1v) is 8.76. The molecule has 1 N–H and O–H groups in total. The first-order valence-electron chi connectivity index (χ1n) is 8.76. The van der Waals surface area contributed by atoms with Crippen LogP contribution < -0.4 is 10.2 Å². The van der Waals surface area contributed by atoms with Gasteiger partial charge in [0.05, 0.1) is 37.3 Å². The Morgan fingerprint density at radius 3 is 2.76 bits per heavy atom. The van der Waals surface area contributed by atoms with Crippen LogP contribution in [0, 0.1) is 5.41 Å². The average Bonchev–Trinajstić information content (AvgIpc) is 3.25. The number of nitrogens with one attached hydrogen (secondary N) is 1. The van der Waals surface area contributed by atoms with Gasteiger partial charge in [0.15, 0.2) is 5.69 Å². The number of aromatic nitrogens is 3. The van der Waals surface area contributed by atoms with Crippen LogP contribution in [0.2, 0.25) is 0 Å². The number of ether oxygens (including phenoxy) is 1. The van der Waals surface area contributed by atoms with Gasteiger partial charge in [-0.1, -0.05) is 24.3 Å². The van der Waals surface area contributed by atoms with Gasteiger partial charge in [0.25, 0.3) is 5.91 Å². The molecular formula is C18H23N5O2. The molecule has 2 aromatic rings. The summed E-state index contributed by atoms with van der Waals surface area (Å²) in [5.41, 5.74) is 2.31. The molecule has 0 unspecified atom stereocenters. The Balaban J connectivity index is 1.46. The summed E-state index contributed by atoms with van der Waals surface area (Å²) in [7, 11) is 0. The van der Waals surface area contributed by atoms with Gasteiger partial charge in [-0.2, -0.15) is 0 Å². The van der Waals surface area contributed by atoms with Crippen LogP contribution >= 0.6 is 0 Å². The van der Waals surface area contributed by atoms with Gasteiger partial charge in [0.2, 0.25) is 0 Å². The molecule has 25 heavy (non-hydrogen) atoms. The van der Waals surface area contributed by atoms with Crippen LogP contribution in [-0.2, 0) is 11.3 Å². The minimum atomic E-state index is -0.229. The fourth-order valence-electron chi connectivity index (χ4n) is 3.41. The Labute approximate surface area is 147 Å². The maximum absolute atomic E-state index is 12.6. The Morgan fingerprint density at radius 1 is 1.28 bits per heavy atom. The van der Waals surface area contributed by atoms with Crippen LogP contribution in [0.4, 0.5) is 11.4 Å². The lowest BCUT2D eigenvalue weighted by Crippen LogP contribution is -2.43. The third kappa shape index (κ3) is 3.37. The number of rotatable bonds is 5. The molecule has 132 valence electrons.